The van der Waals surface area contributed by atoms with Gasteiger partial charge < -0.3 is 15.5 Å². The lowest BCUT2D eigenvalue weighted by molar-refractivity contribution is -0.131. The average molecular weight is 161 g/mol. The first-order valence-corrected chi connectivity index (χ1v) is 3.54. The van der Waals surface area contributed by atoms with Crippen LogP contribution in [0.15, 0.2) is 0 Å². The van der Waals surface area contributed by atoms with Gasteiger partial charge in [0.05, 0.1) is 18.6 Å². The minimum Gasteiger partial charge on any atom is -0.395 e. The van der Waals surface area contributed by atoms with Gasteiger partial charge in [-0.3, -0.25) is 4.79 Å². The molecule has 1 amide bonds. The molecule has 0 aliphatic rings. The van der Waals surface area contributed by atoms with E-state index in [4.69, 9.17) is 10.2 Å². The third-order valence-corrected chi connectivity index (χ3v) is 1.41. The fourth-order valence-electron chi connectivity index (χ4n) is 0.481. The van der Waals surface area contributed by atoms with Gasteiger partial charge in [0.15, 0.2) is 0 Å². The van der Waals surface area contributed by atoms with Crippen molar-refractivity contribution in [2.75, 3.05) is 19.8 Å². The highest BCUT2D eigenvalue weighted by Crippen LogP contribution is 2.12. The van der Waals surface area contributed by atoms with Crippen LogP contribution in [0, 0.1) is 5.41 Å². The maximum Gasteiger partial charge on any atom is 0.228 e. The zero-order valence-corrected chi connectivity index (χ0v) is 6.92. The van der Waals surface area contributed by atoms with Crippen molar-refractivity contribution in [2.24, 2.45) is 5.41 Å². The summed E-state index contributed by atoms with van der Waals surface area (Å²) in [5.41, 5.74) is -0.755. The van der Waals surface area contributed by atoms with E-state index in [0.717, 1.165) is 0 Å². The zero-order chi connectivity index (χ0) is 8.91. The summed E-state index contributed by atoms with van der Waals surface area (Å²) < 4.78 is 0. The second kappa shape index (κ2) is 4.31. The predicted octanol–water partition coefficient (Wildman–Crippen LogP) is -0.887. The Kier molecular flexibility index (Phi) is 4.07. The molecule has 0 aliphatic heterocycles. The molecule has 0 aromatic rings. The van der Waals surface area contributed by atoms with Crippen molar-refractivity contribution in [2.45, 2.75) is 13.8 Å². The number of nitrogens with one attached hydrogen (secondary N) is 1. The lowest BCUT2D eigenvalue weighted by Gasteiger charge is -2.19. The van der Waals surface area contributed by atoms with E-state index < -0.39 is 5.41 Å². The van der Waals surface area contributed by atoms with Gasteiger partial charge in [0, 0.05) is 6.54 Å². The topological polar surface area (TPSA) is 69.6 Å². The summed E-state index contributed by atoms with van der Waals surface area (Å²) >= 11 is 0. The van der Waals surface area contributed by atoms with Crippen LogP contribution in [0.3, 0.4) is 0 Å². The van der Waals surface area contributed by atoms with Gasteiger partial charge in [-0.15, -0.1) is 0 Å². The Morgan fingerprint density at radius 3 is 2.36 bits per heavy atom. The molecular formula is C7H15NO3. The standard InChI is InChI=1S/C7H15NO3/c1-7(2,5-10)6(11)8-3-4-9/h9-10H,3-5H2,1-2H3,(H,8,11). The Morgan fingerprint density at radius 2 is 2.00 bits per heavy atom. The highest BCUT2D eigenvalue weighted by Gasteiger charge is 2.25. The van der Waals surface area contributed by atoms with Gasteiger partial charge >= 0.3 is 0 Å². The molecule has 0 radical (unpaired) electrons. The minimum atomic E-state index is -0.755. The average Bonchev–Trinajstić information content (AvgIpc) is 2.00. The van der Waals surface area contributed by atoms with Crippen molar-refractivity contribution in [3.63, 3.8) is 0 Å². The number of aliphatic hydroxyl groups excluding tert-OH is 2. The fraction of sp³-hybridized carbons (Fsp3) is 0.857. The number of hydrogen-bond acceptors (Lipinski definition) is 3. The molecule has 11 heavy (non-hydrogen) atoms. The first-order valence-electron chi connectivity index (χ1n) is 3.54. The van der Waals surface area contributed by atoms with Crippen LogP contribution in [-0.4, -0.2) is 35.9 Å². The molecule has 0 bridgehead atoms. The number of aliphatic hydroxyl groups is 2. The molecule has 3 N–H and O–H groups in total. The summed E-state index contributed by atoms with van der Waals surface area (Å²) in [6, 6.07) is 0. The smallest absolute Gasteiger partial charge is 0.228 e. The third kappa shape index (κ3) is 3.34. The summed E-state index contributed by atoms with van der Waals surface area (Å²) in [7, 11) is 0. The van der Waals surface area contributed by atoms with Gasteiger partial charge in [-0.1, -0.05) is 0 Å². The number of rotatable bonds is 4. The summed E-state index contributed by atoms with van der Waals surface area (Å²) in [5, 5.41) is 19.6. The summed E-state index contributed by atoms with van der Waals surface area (Å²) in [6.45, 7) is 3.25. The summed E-state index contributed by atoms with van der Waals surface area (Å²) in [4.78, 5) is 11.1. The van der Waals surface area contributed by atoms with Gasteiger partial charge in [0.25, 0.3) is 0 Å². The van der Waals surface area contributed by atoms with Crippen molar-refractivity contribution in [1.29, 1.82) is 0 Å². The maximum absolute atomic E-state index is 11.1. The van der Waals surface area contributed by atoms with E-state index in [9.17, 15) is 4.79 Å². The number of hydrogen-bond donors (Lipinski definition) is 3. The Bertz CT molecular complexity index is 134. The zero-order valence-electron chi connectivity index (χ0n) is 6.92. The largest absolute Gasteiger partial charge is 0.395 e. The van der Waals surface area contributed by atoms with Gasteiger partial charge in [-0.2, -0.15) is 0 Å². The Balaban J connectivity index is 3.82. The monoisotopic (exact) mass is 161 g/mol. The molecule has 0 aliphatic carbocycles. The molecule has 0 heterocycles. The van der Waals surface area contributed by atoms with Crippen LogP contribution >= 0.6 is 0 Å². The van der Waals surface area contributed by atoms with Crippen molar-refractivity contribution in [1.82, 2.24) is 5.32 Å². The molecule has 66 valence electrons. The second-order valence-corrected chi connectivity index (χ2v) is 3.02. The SMILES string of the molecule is CC(C)(CO)C(=O)NCCO. The fourth-order valence-corrected chi connectivity index (χ4v) is 0.481. The molecule has 4 heteroatoms. The van der Waals surface area contributed by atoms with Crippen LogP contribution in [-0.2, 0) is 4.79 Å². The molecule has 0 unspecified atom stereocenters. The van der Waals surface area contributed by atoms with Crippen molar-refractivity contribution < 1.29 is 15.0 Å². The van der Waals surface area contributed by atoms with Crippen molar-refractivity contribution >= 4 is 5.91 Å². The lowest BCUT2D eigenvalue weighted by Crippen LogP contribution is -2.40. The molecule has 0 spiro atoms. The van der Waals surface area contributed by atoms with Gasteiger partial charge in [-0.05, 0) is 13.8 Å². The maximum atomic E-state index is 11.1. The van der Waals surface area contributed by atoms with E-state index in [1.807, 2.05) is 0 Å². The Labute approximate surface area is 66.2 Å². The molecule has 0 aromatic carbocycles. The lowest BCUT2D eigenvalue weighted by atomic mass is 9.94. The van der Waals surface area contributed by atoms with Gasteiger partial charge in [0.2, 0.25) is 5.91 Å². The van der Waals surface area contributed by atoms with Crippen LogP contribution < -0.4 is 5.32 Å². The van der Waals surface area contributed by atoms with E-state index in [1.165, 1.54) is 0 Å². The molecule has 0 rings (SSSR count). The van der Waals surface area contributed by atoms with Crippen LogP contribution in [0.5, 0.6) is 0 Å². The van der Waals surface area contributed by atoms with Gasteiger partial charge in [0.1, 0.15) is 0 Å². The van der Waals surface area contributed by atoms with E-state index in [1.54, 1.807) is 13.8 Å². The molecular weight excluding hydrogens is 146 g/mol. The van der Waals surface area contributed by atoms with Crippen LogP contribution in [0.1, 0.15) is 13.8 Å². The van der Waals surface area contributed by atoms with E-state index >= 15 is 0 Å². The molecule has 0 saturated heterocycles. The normalized spacial score (nSPS) is 11.3. The minimum absolute atomic E-state index is 0.0761. The molecule has 0 fully saturated rings. The Hall–Kier alpha value is -0.610. The quantitative estimate of drug-likeness (QED) is 0.501. The number of amides is 1. The highest BCUT2D eigenvalue weighted by molar-refractivity contribution is 5.81. The number of carbonyl (C=O) groups excluding carboxylic acids is 1. The van der Waals surface area contributed by atoms with Crippen LogP contribution in [0.2, 0.25) is 0 Å². The third-order valence-electron chi connectivity index (χ3n) is 1.41. The van der Waals surface area contributed by atoms with Crippen LogP contribution in [0.25, 0.3) is 0 Å². The van der Waals surface area contributed by atoms with Crippen LogP contribution in [0.4, 0.5) is 0 Å². The first kappa shape index (κ1) is 10.4. The van der Waals surface area contributed by atoms with E-state index in [-0.39, 0.29) is 25.7 Å². The first-order chi connectivity index (χ1) is 5.04. The van der Waals surface area contributed by atoms with Crippen molar-refractivity contribution in [3.8, 4) is 0 Å². The predicted molar refractivity (Wildman–Crippen MR) is 41.0 cm³/mol. The highest BCUT2D eigenvalue weighted by atomic mass is 16.3. The Morgan fingerprint density at radius 1 is 1.45 bits per heavy atom. The van der Waals surface area contributed by atoms with Crippen molar-refractivity contribution in [3.05, 3.63) is 0 Å². The molecule has 0 saturated carbocycles. The number of carbonyl (C=O) groups is 1. The van der Waals surface area contributed by atoms with Gasteiger partial charge in [-0.25, -0.2) is 0 Å². The molecule has 0 atom stereocenters. The summed E-state index contributed by atoms with van der Waals surface area (Å²) in [6.07, 6.45) is 0. The summed E-state index contributed by atoms with van der Waals surface area (Å²) in [5.74, 6) is -0.242. The van der Waals surface area contributed by atoms with E-state index in [0.29, 0.717) is 0 Å². The van der Waals surface area contributed by atoms with E-state index in [2.05, 4.69) is 5.32 Å². The molecule has 0 aromatic heterocycles. The molecule has 4 nitrogen and oxygen atoms in total. The second-order valence-electron chi connectivity index (χ2n) is 3.02.